The van der Waals surface area contributed by atoms with Crippen LogP contribution >= 0.6 is 11.8 Å². The average molecular weight is 263 g/mol. The van der Waals surface area contributed by atoms with Crippen LogP contribution in [0.1, 0.15) is 6.92 Å². The van der Waals surface area contributed by atoms with Crippen molar-refractivity contribution in [3.8, 4) is 0 Å². The smallest absolute Gasteiger partial charge is 0.0683 e. The van der Waals surface area contributed by atoms with Crippen LogP contribution in [0.15, 0.2) is 23.1 Å². The lowest BCUT2D eigenvalue weighted by Crippen LogP contribution is -2.46. The summed E-state index contributed by atoms with van der Waals surface area (Å²) in [6.07, 6.45) is 0. The second-order valence-electron chi connectivity index (χ2n) is 5.04. The first kappa shape index (κ1) is 12.2. The normalized spacial score (nSPS) is 20.3. The number of piperazine rings is 1. The highest BCUT2D eigenvalue weighted by atomic mass is 32.2. The van der Waals surface area contributed by atoms with Crippen LogP contribution in [-0.2, 0) is 0 Å². The first-order chi connectivity index (χ1) is 8.78. The largest absolute Gasteiger partial charge is 0.369 e. The minimum Gasteiger partial charge on any atom is -0.369 e. The zero-order valence-corrected chi connectivity index (χ0v) is 12.0. The lowest BCUT2D eigenvalue weighted by Gasteiger charge is -2.35. The van der Waals surface area contributed by atoms with Crippen molar-refractivity contribution in [1.29, 1.82) is 0 Å². The summed E-state index contributed by atoms with van der Waals surface area (Å²) in [7, 11) is 2.17. The summed E-state index contributed by atoms with van der Waals surface area (Å²) in [6.45, 7) is 8.14. The maximum Gasteiger partial charge on any atom is 0.0683 e. The molecule has 0 aromatic heterocycles. The maximum absolute atomic E-state index is 2.52. The van der Waals surface area contributed by atoms with E-state index in [1.54, 1.807) is 0 Å². The number of benzene rings is 1. The zero-order valence-electron chi connectivity index (χ0n) is 11.2. The second kappa shape index (κ2) is 5.02. The molecule has 0 radical (unpaired) electrons. The van der Waals surface area contributed by atoms with E-state index in [2.05, 4.69) is 46.9 Å². The molecule has 1 fully saturated rings. The van der Waals surface area contributed by atoms with Crippen molar-refractivity contribution >= 4 is 23.1 Å². The van der Waals surface area contributed by atoms with Crippen LogP contribution < -0.4 is 9.80 Å². The van der Waals surface area contributed by atoms with Crippen molar-refractivity contribution < 1.29 is 0 Å². The van der Waals surface area contributed by atoms with E-state index in [1.165, 1.54) is 35.9 Å². The minimum atomic E-state index is 1.09. The maximum atomic E-state index is 2.52. The van der Waals surface area contributed by atoms with Gasteiger partial charge in [0.25, 0.3) is 0 Å². The molecule has 0 bridgehead atoms. The lowest BCUT2D eigenvalue weighted by molar-refractivity contribution is 0.271. The first-order valence-electron chi connectivity index (χ1n) is 6.73. The standard InChI is InChI=1S/C14H21N3S/c1-3-16-6-8-17(9-7-16)12-4-5-13-14(10-12)18-11-15(13)2/h4-5,10H,3,6-9,11H2,1-2H3. The second-order valence-corrected chi connectivity index (χ2v) is 6.03. The fourth-order valence-electron chi connectivity index (χ4n) is 2.69. The Kier molecular flexibility index (Phi) is 3.39. The highest BCUT2D eigenvalue weighted by Crippen LogP contribution is 2.39. The van der Waals surface area contributed by atoms with Gasteiger partial charge in [0.1, 0.15) is 0 Å². The summed E-state index contributed by atoms with van der Waals surface area (Å²) >= 11 is 1.95. The van der Waals surface area contributed by atoms with Crippen LogP contribution in [0, 0.1) is 0 Å². The van der Waals surface area contributed by atoms with Gasteiger partial charge >= 0.3 is 0 Å². The van der Waals surface area contributed by atoms with Crippen LogP contribution in [0.2, 0.25) is 0 Å². The third-order valence-electron chi connectivity index (χ3n) is 3.95. The Bertz CT molecular complexity index is 427. The van der Waals surface area contributed by atoms with Gasteiger partial charge in [-0.3, -0.25) is 0 Å². The SMILES string of the molecule is CCN1CCN(c2ccc3c(c2)SCN3C)CC1. The summed E-state index contributed by atoms with van der Waals surface area (Å²) in [5.74, 6) is 1.09. The molecule has 2 heterocycles. The molecular formula is C14H21N3S. The molecule has 3 rings (SSSR count). The van der Waals surface area contributed by atoms with E-state index in [0.29, 0.717) is 0 Å². The van der Waals surface area contributed by atoms with E-state index in [0.717, 1.165) is 19.0 Å². The highest BCUT2D eigenvalue weighted by Gasteiger charge is 2.20. The van der Waals surface area contributed by atoms with Crippen LogP contribution in [-0.4, -0.2) is 50.5 Å². The third-order valence-corrected chi connectivity index (χ3v) is 5.11. The van der Waals surface area contributed by atoms with E-state index >= 15 is 0 Å². The third kappa shape index (κ3) is 2.19. The quantitative estimate of drug-likeness (QED) is 0.810. The molecule has 1 saturated heterocycles. The molecule has 0 atom stereocenters. The number of fused-ring (bicyclic) bond motifs is 1. The zero-order chi connectivity index (χ0) is 12.5. The highest BCUT2D eigenvalue weighted by molar-refractivity contribution is 7.99. The Morgan fingerprint density at radius 1 is 1.17 bits per heavy atom. The van der Waals surface area contributed by atoms with Gasteiger partial charge in [-0.2, -0.15) is 0 Å². The van der Waals surface area contributed by atoms with E-state index in [4.69, 9.17) is 0 Å². The van der Waals surface area contributed by atoms with E-state index in [-0.39, 0.29) is 0 Å². The molecule has 0 aliphatic carbocycles. The van der Waals surface area contributed by atoms with Crippen LogP contribution in [0.5, 0.6) is 0 Å². The van der Waals surface area contributed by atoms with Crippen molar-refractivity contribution in [3.05, 3.63) is 18.2 Å². The van der Waals surface area contributed by atoms with Crippen LogP contribution in [0.25, 0.3) is 0 Å². The molecule has 98 valence electrons. The average Bonchev–Trinajstić information content (AvgIpc) is 2.80. The van der Waals surface area contributed by atoms with Crippen molar-refractivity contribution in [2.24, 2.45) is 0 Å². The molecule has 4 heteroatoms. The summed E-state index contributed by atoms with van der Waals surface area (Å²) in [4.78, 5) is 8.80. The summed E-state index contributed by atoms with van der Waals surface area (Å²) in [5.41, 5.74) is 2.78. The van der Waals surface area contributed by atoms with Gasteiger partial charge in [0.15, 0.2) is 0 Å². The Hall–Kier alpha value is -0.870. The fourth-order valence-corrected chi connectivity index (χ4v) is 3.74. The van der Waals surface area contributed by atoms with Gasteiger partial charge in [-0.15, -0.1) is 11.8 Å². The van der Waals surface area contributed by atoms with Crippen molar-refractivity contribution in [3.63, 3.8) is 0 Å². The lowest BCUT2D eigenvalue weighted by atomic mass is 10.2. The molecule has 0 spiro atoms. The molecule has 0 amide bonds. The summed E-state index contributed by atoms with van der Waals surface area (Å²) in [6, 6.07) is 6.92. The van der Waals surface area contributed by atoms with Crippen molar-refractivity contribution in [2.45, 2.75) is 11.8 Å². The van der Waals surface area contributed by atoms with Gasteiger partial charge in [0, 0.05) is 43.8 Å². The predicted molar refractivity (Wildman–Crippen MR) is 79.9 cm³/mol. The molecular weight excluding hydrogens is 242 g/mol. The van der Waals surface area contributed by atoms with Gasteiger partial charge in [0.2, 0.25) is 0 Å². The molecule has 2 aliphatic rings. The van der Waals surface area contributed by atoms with Crippen LogP contribution in [0.4, 0.5) is 11.4 Å². The Balaban J connectivity index is 1.74. The van der Waals surface area contributed by atoms with Gasteiger partial charge in [-0.1, -0.05) is 6.92 Å². The topological polar surface area (TPSA) is 9.72 Å². The number of hydrogen-bond donors (Lipinski definition) is 0. The summed E-state index contributed by atoms with van der Waals surface area (Å²) < 4.78 is 0. The number of anilines is 2. The molecule has 3 nitrogen and oxygen atoms in total. The minimum absolute atomic E-state index is 1.09. The van der Waals surface area contributed by atoms with Gasteiger partial charge in [-0.25, -0.2) is 0 Å². The fraction of sp³-hybridized carbons (Fsp3) is 0.571. The van der Waals surface area contributed by atoms with Gasteiger partial charge in [0.05, 0.1) is 11.6 Å². The van der Waals surface area contributed by atoms with E-state index in [1.807, 2.05) is 11.8 Å². The van der Waals surface area contributed by atoms with Gasteiger partial charge in [-0.05, 0) is 24.7 Å². The molecule has 0 saturated carbocycles. The van der Waals surface area contributed by atoms with Crippen molar-refractivity contribution in [2.75, 3.05) is 55.4 Å². The molecule has 18 heavy (non-hydrogen) atoms. The first-order valence-corrected chi connectivity index (χ1v) is 7.72. The number of thioether (sulfide) groups is 1. The Morgan fingerprint density at radius 2 is 1.94 bits per heavy atom. The molecule has 0 unspecified atom stereocenters. The van der Waals surface area contributed by atoms with Crippen LogP contribution in [0.3, 0.4) is 0 Å². The van der Waals surface area contributed by atoms with E-state index in [9.17, 15) is 0 Å². The molecule has 1 aromatic rings. The Morgan fingerprint density at radius 3 is 2.67 bits per heavy atom. The number of hydrogen-bond acceptors (Lipinski definition) is 4. The summed E-state index contributed by atoms with van der Waals surface area (Å²) in [5, 5.41) is 0. The monoisotopic (exact) mass is 263 g/mol. The molecule has 2 aliphatic heterocycles. The molecule has 0 N–H and O–H groups in total. The number of likely N-dealkylation sites (N-methyl/N-ethyl adjacent to an activating group) is 1. The molecule has 1 aromatic carbocycles. The van der Waals surface area contributed by atoms with E-state index < -0.39 is 0 Å². The number of rotatable bonds is 2. The number of nitrogens with zero attached hydrogens (tertiary/aromatic N) is 3. The van der Waals surface area contributed by atoms with Gasteiger partial charge < -0.3 is 14.7 Å². The Labute approximate surface area is 114 Å². The van der Waals surface area contributed by atoms with Crippen molar-refractivity contribution in [1.82, 2.24) is 4.90 Å². The predicted octanol–water partition coefficient (Wildman–Crippen LogP) is 2.33.